The van der Waals surface area contributed by atoms with E-state index in [9.17, 15) is 5.11 Å². The molecule has 0 heterocycles. The summed E-state index contributed by atoms with van der Waals surface area (Å²) in [4.78, 5) is 0. The van der Waals surface area contributed by atoms with Gasteiger partial charge in [0.05, 0.1) is 21.5 Å². The maximum Gasteiger partial charge on any atom is 0.0824 e. The molecule has 0 spiro atoms. The Labute approximate surface area is 90.4 Å². The molecule has 1 aromatic rings. The molecule has 0 aliphatic carbocycles. The molecule has 0 aromatic heterocycles. The molecule has 0 unspecified atom stereocenters. The molecule has 1 aromatic carbocycles. The van der Waals surface area contributed by atoms with E-state index in [1.54, 1.807) is 30.3 Å². The topological polar surface area (TPSA) is 29.5 Å². The molecule has 1 N–H and O–H groups in total. The molecule has 0 atom stereocenters. The first-order valence-corrected chi connectivity index (χ1v) is 3.73. The van der Waals surface area contributed by atoms with Crippen LogP contribution in [0.25, 0.3) is 0 Å². The van der Waals surface area contributed by atoms with Gasteiger partial charge in [-0.25, -0.2) is 0 Å². The Morgan fingerprint density at radius 3 is 2.77 bits per heavy atom. The molecule has 0 aliphatic heterocycles. The zero-order valence-electron chi connectivity index (χ0n) is 14.9. The second-order valence-corrected chi connectivity index (χ2v) is 2.59. The van der Waals surface area contributed by atoms with Crippen LogP contribution >= 0.6 is 0 Å². The van der Waals surface area contributed by atoms with Gasteiger partial charge in [0.1, 0.15) is 0 Å². The van der Waals surface area contributed by atoms with E-state index in [1.807, 2.05) is 0 Å². The summed E-state index contributed by atoms with van der Waals surface area (Å²) in [5.41, 5.74) is -3.12. The van der Waals surface area contributed by atoms with Gasteiger partial charge in [-0.15, -0.1) is 0 Å². The van der Waals surface area contributed by atoms with Crippen LogP contribution in [0.3, 0.4) is 0 Å². The van der Waals surface area contributed by atoms with E-state index in [-0.39, 0.29) is 6.61 Å². The normalized spacial score (nSPS) is 23.8. The lowest BCUT2D eigenvalue weighted by Crippen LogP contribution is -2.25. The summed E-state index contributed by atoms with van der Waals surface area (Å²) in [5, 5.41) is 10.1. The van der Waals surface area contributed by atoms with Gasteiger partial charge in [0.25, 0.3) is 0 Å². The van der Waals surface area contributed by atoms with E-state index in [4.69, 9.17) is 15.7 Å². The molecule has 0 amide bonds. The quantitative estimate of drug-likeness (QED) is 0.783. The first-order chi connectivity index (χ1) is 9.33. The standard InChI is InChI=1S/C11H16O2/c1-11(2,12)9-13-8-10-6-4-3-5-7-10/h3-7,12H,8-9H2,1-2H3/i1D3,2D3,9D2. The maximum absolute atomic E-state index is 10.1. The third kappa shape index (κ3) is 4.65. The van der Waals surface area contributed by atoms with Crippen LogP contribution in [-0.4, -0.2) is 17.3 Å². The van der Waals surface area contributed by atoms with Crippen molar-refractivity contribution >= 4 is 0 Å². The van der Waals surface area contributed by atoms with Crippen LogP contribution in [0.2, 0.25) is 0 Å². The van der Waals surface area contributed by atoms with Gasteiger partial charge in [-0.2, -0.15) is 0 Å². The molecule has 72 valence electrons. The highest BCUT2D eigenvalue weighted by molar-refractivity contribution is 5.13. The smallest absolute Gasteiger partial charge is 0.0824 e. The highest BCUT2D eigenvalue weighted by Crippen LogP contribution is 2.05. The van der Waals surface area contributed by atoms with Gasteiger partial charge in [-0.3, -0.25) is 0 Å². The number of rotatable bonds is 4. The van der Waals surface area contributed by atoms with Gasteiger partial charge in [0, 0.05) is 8.22 Å². The fourth-order valence-corrected chi connectivity index (χ4v) is 0.798. The van der Waals surface area contributed by atoms with Gasteiger partial charge in [0.15, 0.2) is 0 Å². The minimum Gasteiger partial charge on any atom is -0.388 e. The van der Waals surface area contributed by atoms with Crippen molar-refractivity contribution in [1.29, 1.82) is 0 Å². The first-order valence-electron chi connectivity index (χ1n) is 7.73. The highest BCUT2D eigenvalue weighted by Gasteiger charge is 2.11. The van der Waals surface area contributed by atoms with Crippen molar-refractivity contribution in [2.45, 2.75) is 25.9 Å². The summed E-state index contributed by atoms with van der Waals surface area (Å²) >= 11 is 0. The van der Waals surface area contributed by atoms with Crippen molar-refractivity contribution in [1.82, 2.24) is 0 Å². The molecular formula is C11H16O2. The van der Waals surface area contributed by atoms with Crippen molar-refractivity contribution in [3.63, 3.8) is 0 Å². The minimum absolute atomic E-state index is 0.373. The van der Waals surface area contributed by atoms with E-state index in [0.29, 0.717) is 5.56 Å². The van der Waals surface area contributed by atoms with Crippen LogP contribution in [0.1, 0.15) is 30.2 Å². The third-order valence-corrected chi connectivity index (χ3v) is 1.30. The predicted octanol–water partition coefficient (Wildman–Crippen LogP) is 1.97. The van der Waals surface area contributed by atoms with Gasteiger partial charge >= 0.3 is 0 Å². The number of ether oxygens (including phenoxy) is 1. The molecule has 2 heteroatoms. The predicted molar refractivity (Wildman–Crippen MR) is 52.4 cm³/mol. The zero-order valence-corrected chi connectivity index (χ0v) is 6.95. The van der Waals surface area contributed by atoms with E-state index in [2.05, 4.69) is 0 Å². The van der Waals surface area contributed by atoms with E-state index in [1.165, 1.54) is 0 Å². The Bertz CT molecular complexity index is 451. The SMILES string of the molecule is [2H]C([2H])([2H])C(O)(C([2H])([2H])[2H])C([2H])([2H])OCc1ccccc1. The van der Waals surface area contributed by atoms with E-state index < -0.39 is 25.9 Å². The molecule has 0 bridgehead atoms. The maximum atomic E-state index is 10.1. The molecule has 0 radical (unpaired) electrons. The second-order valence-electron chi connectivity index (χ2n) is 2.59. The van der Waals surface area contributed by atoms with E-state index >= 15 is 0 Å². The third-order valence-electron chi connectivity index (χ3n) is 1.30. The Balaban J connectivity index is 3.06. The first kappa shape index (κ1) is 3.71. The molecule has 0 saturated carbocycles. The van der Waals surface area contributed by atoms with Gasteiger partial charge in [-0.1, -0.05) is 30.3 Å². The van der Waals surface area contributed by atoms with Crippen molar-refractivity contribution in [2.75, 3.05) is 6.56 Å². The largest absolute Gasteiger partial charge is 0.388 e. The number of aliphatic hydroxyl groups is 1. The Morgan fingerprint density at radius 1 is 1.46 bits per heavy atom. The fraction of sp³-hybridized carbons (Fsp3) is 0.455. The van der Waals surface area contributed by atoms with Crippen LogP contribution in [0.4, 0.5) is 0 Å². The lowest BCUT2D eigenvalue weighted by atomic mass is 10.2. The Hall–Kier alpha value is -0.860. The van der Waals surface area contributed by atoms with Crippen molar-refractivity contribution in [3.05, 3.63) is 35.9 Å². The number of benzene rings is 1. The summed E-state index contributed by atoms with van der Waals surface area (Å²) in [6, 6.07) is 8.24. The summed E-state index contributed by atoms with van der Waals surface area (Å²) in [7, 11) is 0. The minimum atomic E-state index is -3.64. The van der Waals surface area contributed by atoms with Crippen molar-refractivity contribution in [2.24, 2.45) is 0 Å². The lowest BCUT2D eigenvalue weighted by molar-refractivity contribution is -0.0268. The average molecular weight is 188 g/mol. The van der Waals surface area contributed by atoms with Gasteiger partial charge in [0.2, 0.25) is 0 Å². The Kier molecular flexibility index (Phi) is 1.26. The molecule has 0 aliphatic rings. The van der Waals surface area contributed by atoms with Crippen LogP contribution in [-0.2, 0) is 11.3 Å². The summed E-state index contributed by atoms with van der Waals surface area (Å²) < 4.78 is 63.1. The van der Waals surface area contributed by atoms with Crippen LogP contribution in [0.15, 0.2) is 30.3 Å². The fourth-order valence-electron chi connectivity index (χ4n) is 0.798. The molecule has 0 fully saturated rings. The molecular weight excluding hydrogens is 164 g/mol. The van der Waals surface area contributed by atoms with Crippen LogP contribution < -0.4 is 0 Å². The monoisotopic (exact) mass is 188 g/mol. The van der Waals surface area contributed by atoms with Gasteiger partial charge in [-0.05, 0) is 19.3 Å². The van der Waals surface area contributed by atoms with Crippen LogP contribution in [0, 0.1) is 0 Å². The number of hydrogen-bond donors (Lipinski definition) is 1. The second kappa shape index (κ2) is 4.40. The number of hydrogen-bond acceptors (Lipinski definition) is 2. The van der Waals surface area contributed by atoms with Crippen molar-refractivity contribution < 1.29 is 20.8 Å². The van der Waals surface area contributed by atoms with Gasteiger partial charge < -0.3 is 9.84 Å². The lowest BCUT2D eigenvalue weighted by Gasteiger charge is -2.16. The van der Waals surface area contributed by atoms with Crippen LogP contribution in [0.5, 0.6) is 0 Å². The molecule has 2 nitrogen and oxygen atoms in total. The zero-order chi connectivity index (χ0) is 16.5. The van der Waals surface area contributed by atoms with Crippen molar-refractivity contribution in [3.8, 4) is 0 Å². The average Bonchev–Trinajstić information content (AvgIpc) is 2.34. The summed E-state index contributed by atoms with van der Waals surface area (Å²) in [6.45, 7) is -10.6. The van der Waals surface area contributed by atoms with E-state index in [0.717, 1.165) is 0 Å². The highest BCUT2D eigenvalue weighted by atomic mass is 16.5. The summed E-state index contributed by atoms with van der Waals surface area (Å²) in [6.07, 6.45) is 0. The molecule has 13 heavy (non-hydrogen) atoms. The Morgan fingerprint density at radius 2 is 2.15 bits per heavy atom. The summed E-state index contributed by atoms with van der Waals surface area (Å²) in [5.74, 6) is 0. The molecule has 1 rings (SSSR count). The molecule has 0 saturated heterocycles.